The Kier molecular flexibility index (Phi) is 10.3. The standard InChI is InChI=1S/C29H34N2O5/c1-3-7-26-27(15-14-25(21(2)32)28(26)33)36-19-18-35-24-12-10-23(11-13-24)29(34)31-17-5-4-8-22-9-6-16-30-20-22/h6,9-16,20,33H,3-5,7-8,17-19H2,1-2H3,(H,31,34). The first-order chi connectivity index (χ1) is 17.5. The van der Waals surface area contributed by atoms with Crippen LogP contribution in [0.3, 0.4) is 0 Å². The number of nitrogens with zero attached hydrogens (tertiary/aromatic N) is 1. The lowest BCUT2D eigenvalue weighted by Gasteiger charge is -2.15. The van der Waals surface area contributed by atoms with Crippen molar-refractivity contribution in [1.29, 1.82) is 0 Å². The Morgan fingerprint density at radius 1 is 0.972 bits per heavy atom. The summed E-state index contributed by atoms with van der Waals surface area (Å²) >= 11 is 0. The Hall–Kier alpha value is -3.87. The molecule has 0 aliphatic carbocycles. The number of phenolic OH excluding ortho intramolecular Hbond substituents is 1. The van der Waals surface area contributed by atoms with Crippen LogP contribution in [0.25, 0.3) is 0 Å². The molecule has 0 radical (unpaired) electrons. The van der Waals surface area contributed by atoms with E-state index in [1.54, 1.807) is 42.6 Å². The fourth-order valence-electron chi connectivity index (χ4n) is 3.85. The van der Waals surface area contributed by atoms with Gasteiger partial charge in [0.15, 0.2) is 5.78 Å². The molecule has 0 saturated heterocycles. The molecule has 1 aromatic heterocycles. The summed E-state index contributed by atoms with van der Waals surface area (Å²) in [5.41, 5.74) is 2.72. The highest BCUT2D eigenvalue weighted by atomic mass is 16.5. The number of phenols is 1. The number of aryl methyl sites for hydroxylation is 1. The molecule has 0 spiro atoms. The molecule has 2 N–H and O–H groups in total. The third-order valence-corrected chi connectivity index (χ3v) is 5.75. The van der Waals surface area contributed by atoms with Gasteiger partial charge in [0.05, 0.1) is 5.56 Å². The van der Waals surface area contributed by atoms with Gasteiger partial charge in [0.1, 0.15) is 30.5 Å². The van der Waals surface area contributed by atoms with Crippen LogP contribution in [0.5, 0.6) is 17.2 Å². The van der Waals surface area contributed by atoms with Gasteiger partial charge in [-0.1, -0.05) is 19.4 Å². The molecular weight excluding hydrogens is 456 g/mol. The van der Waals surface area contributed by atoms with E-state index in [1.165, 1.54) is 12.5 Å². The van der Waals surface area contributed by atoms with E-state index in [0.29, 0.717) is 47.8 Å². The van der Waals surface area contributed by atoms with Crippen molar-refractivity contribution < 1.29 is 24.2 Å². The molecule has 3 rings (SSSR count). The van der Waals surface area contributed by atoms with Gasteiger partial charge in [-0.2, -0.15) is 0 Å². The third kappa shape index (κ3) is 7.83. The number of aromatic nitrogens is 1. The molecule has 7 nitrogen and oxygen atoms in total. The number of unbranched alkanes of at least 4 members (excludes halogenated alkanes) is 1. The van der Waals surface area contributed by atoms with Crippen LogP contribution in [0, 0.1) is 0 Å². The highest BCUT2D eigenvalue weighted by Gasteiger charge is 2.16. The largest absolute Gasteiger partial charge is 0.507 e. The van der Waals surface area contributed by atoms with Crippen LogP contribution in [0.2, 0.25) is 0 Å². The van der Waals surface area contributed by atoms with E-state index in [-0.39, 0.29) is 24.0 Å². The first kappa shape index (κ1) is 26.7. The van der Waals surface area contributed by atoms with Crippen molar-refractivity contribution in [2.75, 3.05) is 19.8 Å². The summed E-state index contributed by atoms with van der Waals surface area (Å²) in [6.45, 7) is 4.62. The number of carbonyl (C=O) groups is 2. The van der Waals surface area contributed by atoms with E-state index in [9.17, 15) is 14.7 Å². The number of nitrogens with one attached hydrogen (secondary N) is 1. The number of carbonyl (C=O) groups excluding carboxylic acids is 2. The maximum Gasteiger partial charge on any atom is 0.251 e. The van der Waals surface area contributed by atoms with Crippen LogP contribution in [0.4, 0.5) is 0 Å². The maximum atomic E-state index is 12.4. The number of benzene rings is 2. The number of ketones is 1. The summed E-state index contributed by atoms with van der Waals surface area (Å²) in [5.74, 6) is 0.886. The number of pyridine rings is 1. The highest BCUT2D eigenvalue weighted by Crippen LogP contribution is 2.33. The van der Waals surface area contributed by atoms with E-state index in [2.05, 4.69) is 16.4 Å². The third-order valence-electron chi connectivity index (χ3n) is 5.75. The lowest BCUT2D eigenvalue weighted by Crippen LogP contribution is -2.24. The molecule has 0 atom stereocenters. The van der Waals surface area contributed by atoms with Gasteiger partial charge in [-0.3, -0.25) is 14.6 Å². The van der Waals surface area contributed by atoms with Crippen molar-refractivity contribution in [3.8, 4) is 17.2 Å². The van der Waals surface area contributed by atoms with Crippen LogP contribution in [-0.4, -0.2) is 41.5 Å². The van der Waals surface area contributed by atoms with Gasteiger partial charge in [-0.15, -0.1) is 0 Å². The van der Waals surface area contributed by atoms with Gasteiger partial charge in [-0.25, -0.2) is 0 Å². The summed E-state index contributed by atoms with van der Waals surface area (Å²) in [4.78, 5) is 28.2. The maximum absolute atomic E-state index is 12.4. The molecule has 0 fully saturated rings. The Balaban J connectivity index is 1.40. The van der Waals surface area contributed by atoms with Crippen molar-refractivity contribution in [1.82, 2.24) is 10.3 Å². The molecule has 7 heteroatoms. The van der Waals surface area contributed by atoms with Crippen LogP contribution in [0.1, 0.15) is 65.0 Å². The lowest BCUT2D eigenvalue weighted by atomic mass is 10.0. The summed E-state index contributed by atoms with van der Waals surface area (Å²) in [6, 6.07) is 14.3. The Morgan fingerprint density at radius 3 is 2.44 bits per heavy atom. The number of rotatable bonds is 14. The second-order valence-electron chi connectivity index (χ2n) is 8.54. The molecule has 0 unspecified atom stereocenters. The van der Waals surface area contributed by atoms with Crippen LogP contribution >= 0.6 is 0 Å². The molecule has 36 heavy (non-hydrogen) atoms. The molecule has 0 bridgehead atoms. The first-order valence-electron chi connectivity index (χ1n) is 12.4. The first-order valence-corrected chi connectivity index (χ1v) is 12.4. The Morgan fingerprint density at radius 2 is 1.75 bits per heavy atom. The summed E-state index contributed by atoms with van der Waals surface area (Å²) in [6.07, 6.45) is 7.89. The fourth-order valence-corrected chi connectivity index (χ4v) is 3.85. The molecule has 190 valence electrons. The monoisotopic (exact) mass is 490 g/mol. The number of ether oxygens (including phenoxy) is 2. The minimum Gasteiger partial charge on any atom is -0.507 e. The van der Waals surface area contributed by atoms with Crippen LogP contribution in [-0.2, 0) is 12.8 Å². The van der Waals surface area contributed by atoms with Gasteiger partial charge in [0.25, 0.3) is 5.91 Å². The molecule has 0 aliphatic rings. The van der Waals surface area contributed by atoms with Gasteiger partial charge >= 0.3 is 0 Å². The Bertz CT molecular complexity index is 1130. The van der Waals surface area contributed by atoms with E-state index in [0.717, 1.165) is 25.7 Å². The SMILES string of the molecule is CCCc1c(OCCOc2ccc(C(=O)NCCCCc3cccnc3)cc2)ccc(C(C)=O)c1O. The number of hydrogen-bond acceptors (Lipinski definition) is 6. The van der Waals surface area contributed by atoms with Gasteiger partial charge in [0, 0.05) is 30.1 Å². The summed E-state index contributed by atoms with van der Waals surface area (Å²) in [5, 5.41) is 13.4. The second-order valence-corrected chi connectivity index (χ2v) is 8.54. The second kappa shape index (κ2) is 13.9. The van der Waals surface area contributed by atoms with E-state index in [4.69, 9.17) is 9.47 Å². The van der Waals surface area contributed by atoms with Crippen molar-refractivity contribution in [2.45, 2.75) is 46.0 Å². The number of hydrogen-bond donors (Lipinski definition) is 2. The number of aromatic hydroxyl groups is 1. The normalized spacial score (nSPS) is 10.6. The predicted molar refractivity (Wildman–Crippen MR) is 139 cm³/mol. The lowest BCUT2D eigenvalue weighted by molar-refractivity contribution is 0.0951. The molecule has 0 aliphatic heterocycles. The molecule has 1 heterocycles. The van der Waals surface area contributed by atoms with E-state index < -0.39 is 0 Å². The molecule has 2 aromatic carbocycles. The topological polar surface area (TPSA) is 97.8 Å². The average molecular weight is 491 g/mol. The number of Topliss-reactive ketones (excluding diaryl/α,β-unsaturated/α-hetero) is 1. The van der Waals surface area contributed by atoms with Crippen molar-refractivity contribution >= 4 is 11.7 Å². The smallest absolute Gasteiger partial charge is 0.251 e. The highest BCUT2D eigenvalue weighted by molar-refractivity contribution is 5.97. The van der Waals surface area contributed by atoms with Crippen molar-refractivity contribution in [3.05, 3.63) is 83.2 Å². The molecule has 3 aromatic rings. The van der Waals surface area contributed by atoms with Gasteiger partial charge < -0.3 is 19.9 Å². The van der Waals surface area contributed by atoms with E-state index in [1.807, 2.05) is 19.2 Å². The molecular formula is C29H34N2O5. The van der Waals surface area contributed by atoms with Gasteiger partial charge in [0.2, 0.25) is 0 Å². The fraction of sp³-hybridized carbons (Fsp3) is 0.345. The van der Waals surface area contributed by atoms with E-state index >= 15 is 0 Å². The zero-order valence-electron chi connectivity index (χ0n) is 21.0. The summed E-state index contributed by atoms with van der Waals surface area (Å²) < 4.78 is 11.5. The zero-order valence-corrected chi connectivity index (χ0v) is 21.0. The van der Waals surface area contributed by atoms with Gasteiger partial charge in [-0.05, 0) is 80.6 Å². The Labute approximate surface area is 212 Å². The van der Waals surface area contributed by atoms with Crippen molar-refractivity contribution in [2.24, 2.45) is 0 Å². The minimum atomic E-state index is -0.183. The zero-order chi connectivity index (χ0) is 25.8. The minimum absolute atomic E-state index is 0.00914. The quantitative estimate of drug-likeness (QED) is 0.240. The molecule has 1 amide bonds. The van der Waals surface area contributed by atoms with Crippen molar-refractivity contribution in [3.63, 3.8) is 0 Å². The number of amides is 1. The van der Waals surface area contributed by atoms with Crippen LogP contribution in [0.15, 0.2) is 60.9 Å². The molecule has 0 saturated carbocycles. The van der Waals surface area contributed by atoms with Crippen LogP contribution < -0.4 is 14.8 Å². The summed E-state index contributed by atoms with van der Waals surface area (Å²) in [7, 11) is 0. The predicted octanol–water partition coefficient (Wildman–Crippen LogP) is 5.15. The average Bonchev–Trinajstić information content (AvgIpc) is 2.89.